The zero-order chi connectivity index (χ0) is 13.2. The van der Waals surface area contributed by atoms with Crippen LogP contribution in [0.4, 0.5) is 0 Å². The topological polar surface area (TPSA) is 0 Å². The molecule has 0 amide bonds. The fourth-order valence-corrected chi connectivity index (χ4v) is 2.77. The Hall–Kier alpha value is -1.82. The van der Waals surface area contributed by atoms with E-state index < -0.39 is 0 Å². The molecule has 0 heterocycles. The van der Waals surface area contributed by atoms with Crippen molar-refractivity contribution in [2.45, 2.75) is 19.8 Å². The van der Waals surface area contributed by atoms with E-state index in [1.807, 2.05) is 6.08 Å². The highest BCUT2D eigenvalue weighted by atomic mass is 14.4. The van der Waals surface area contributed by atoms with E-state index in [9.17, 15) is 0 Å². The van der Waals surface area contributed by atoms with Crippen molar-refractivity contribution in [3.8, 4) is 0 Å². The number of rotatable bonds is 4. The molecule has 1 aromatic carbocycles. The van der Waals surface area contributed by atoms with Crippen molar-refractivity contribution < 1.29 is 0 Å². The Kier molecular flexibility index (Phi) is 3.25. The maximum atomic E-state index is 3.92. The highest BCUT2D eigenvalue weighted by Gasteiger charge is 2.34. The minimum absolute atomic E-state index is 0.800. The molecule has 96 valence electrons. The van der Waals surface area contributed by atoms with Gasteiger partial charge in [0.2, 0.25) is 0 Å². The molecule has 0 nitrogen and oxygen atoms in total. The summed E-state index contributed by atoms with van der Waals surface area (Å²) in [7, 11) is 0. The lowest BCUT2D eigenvalue weighted by molar-refractivity contribution is 0.985. The van der Waals surface area contributed by atoms with Crippen molar-refractivity contribution in [1.29, 1.82) is 0 Å². The van der Waals surface area contributed by atoms with Gasteiger partial charge < -0.3 is 0 Å². The summed E-state index contributed by atoms with van der Waals surface area (Å²) in [6.45, 7) is 6.08. The first kappa shape index (κ1) is 12.2. The van der Waals surface area contributed by atoms with E-state index in [2.05, 4.69) is 62.1 Å². The molecule has 0 radical (unpaired) electrons. The molecule has 0 spiro atoms. The lowest BCUT2D eigenvalue weighted by Crippen LogP contribution is -1.90. The standard InChI is InChI=1S/C19H20/c1-3-6-14(4-2)15-7-5-8-16(11-15)17-9-10-18-13-19(18)12-17/h4-12,18-19H,2-3,13H2,1H3/b14-6+. The molecule has 0 bridgehead atoms. The van der Waals surface area contributed by atoms with Gasteiger partial charge >= 0.3 is 0 Å². The van der Waals surface area contributed by atoms with Crippen LogP contribution in [0, 0.1) is 11.8 Å². The van der Waals surface area contributed by atoms with E-state index in [1.165, 1.54) is 28.7 Å². The van der Waals surface area contributed by atoms with Gasteiger partial charge in [-0.1, -0.05) is 62.1 Å². The first-order valence-electron chi connectivity index (χ1n) is 7.15. The molecule has 2 aliphatic rings. The second-order valence-corrected chi connectivity index (χ2v) is 5.40. The van der Waals surface area contributed by atoms with Gasteiger partial charge in [-0.2, -0.15) is 0 Å². The van der Waals surface area contributed by atoms with Crippen LogP contribution in [0.1, 0.15) is 30.9 Å². The molecule has 1 aromatic rings. The Morgan fingerprint density at radius 1 is 1.37 bits per heavy atom. The minimum Gasteiger partial charge on any atom is -0.0985 e. The van der Waals surface area contributed by atoms with Gasteiger partial charge in [-0.25, -0.2) is 0 Å². The molecular formula is C19H20. The van der Waals surface area contributed by atoms with Crippen molar-refractivity contribution in [2.24, 2.45) is 11.8 Å². The predicted molar refractivity (Wildman–Crippen MR) is 83.6 cm³/mol. The Morgan fingerprint density at radius 3 is 3.00 bits per heavy atom. The summed E-state index contributed by atoms with van der Waals surface area (Å²) < 4.78 is 0. The largest absolute Gasteiger partial charge is 0.0985 e. The Morgan fingerprint density at radius 2 is 2.26 bits per heavy atom. The second kappa shape index (κ2) is 5.05. The maximum Gasteiger partial charge on any atom is -0.0155 e. The Labute approximate surface area is 115 Å². The van der Waals surface area contributed by atoms with Gasteiger partial charge in [-0.15, -0.1) is 0 Å². The lowest BCUT2D eigenvalue weighted by atomic mass is 9.95. The van der Waals surface area contributed by atoms with E-state index in [0.717, 1.165) is 18.3 Å². The normalized spacial score (nSPS) is 24.7. The predicted octanol–water partition coefficient (Wildman–Crippen LogP) is 5.26. The summed E-state index contributed by atoms with van der Waals surface area (Å²) in [5.41, 5.74) is 5.19. The summed E-state index contributed by atoms with van der Waals surface area (Å²) in [6.07, 6.45) is 13.6. The van der Waals surface area contributed by atoms with Crippen LogP contribution in [0.25, 0.3) is 11.1 Å². The third-order valence-corrected chi connectivity index (χ3v) is 3.98. The summed E-state index contributed by atoms with van der Waals surface area (Å²) in [4.78, 5) is 0. The zero-order valence-electron chi connectivity index (χ0n) is 11.5. The molecule has 0 heteroatoms. The lowest BCUT2D eigenvalue weighted by Gasteiger charge is -2.09. The molecule has 0 saturated heterocycles. The van der Waals surface area contributed by atoms with Crippen LogP contribution in [0.15, 0.2) is 61.2 Å². The molecule has 1 fully saturated rings. The number of hydrogen-bond acceptors (Lipinski definition) is 0. The van der Waals surface area contributed by atoms with Crippen LogP contribution in [0.3, 0.4) is 0 Å². The average Bonchev–Trinajstić information content (AvgIpc) is 3.23. The molecule has 2 aliphatic carbocycles. The molecule has 2 atom stereocenters. The van der Waals surface area contributed by atoms with E-state index in [-0.39, 0.29) is 0 Å². The summed E-state index contributed by atoms with van der Waals surface area (Å²) >= 11 is 0. The number of benzene rings is 1. The molecular weight excluding hydrogens is 228 g/mol. The van der Waals surface area contributed by atoms with E-state index in [0.29, 0.717) is 0 Å². The first-order chi connectivity index (χ1) is 9.31. The number of fused-ring (bicyclic) bond motifs is 1. The highest BCUT2D eigenvalue weighted by Crippen LogP contribution is 2.46. The van der Waals surface area contributed by atoms with Gasteiger partial charge in [0.25, 0.3) is 0 Å². The van der Waals surface area contributed by atoms with Gasteiger partial charge in [0.1, 0.15) is 0 Å². The summed E-state index contributed by atoms with van der Waals surface area (Å²) in [5.74, 6) is 1.63. The quantitative estimate of drug-likeness (QED) is 0.638. The zero-order valence-corrected chi connectivity index (χ0v) is 11.5. The van der Waals surface area contributed by atoms with Crippen LogP contribution in [0.2, 0.25) is 0 Å². The van der Waals surface area contributed by atoms with Crippen molar-refractivity contribution in [3.05, 3.63) is 72.4 Å². The minimum atomic E-state index is 0.800. The highest BCUT2D eigenvalue weighted by molar-refractivity contribution is 5.80. The summed E-state index contributed by atoms with van der Waals surface area (Å²) in [6, 6.07) is 8.79. The molecule has 1 saturated carbocycles. The first-order valence-corrected chi connectivity index (χ1v) is 7.15. The fraction of sp³-hybridized carbons (Fsp3) is 0.263. The molecule has 3 rings (SSSR count). The molecule has 0 aromatic heterocycles. The van der Waals surface area contributed by atoms with Crippen molar-refractivity contribution in [2.75, 3.05) is 0 Å². The van der Waals surface area contributed by atoms with Gasteiger partial charge in [0.05, 0.1) is 0 Å². The van der Waals surface area contributed by atoms with Crippen LogP contribution < -0.4 is 0 Å². The van der Waals surface area contributed by atoms with Crippen molar-refractivity contribution >= 4 is 11.1 Å². The van der Waals surface area contributed by atoms with Crippen molar-refractivity contribution in [3.63, 3.8) is 0 Å². The number of hydrogen-bond donors (Lipinski definition) is 0. The maximum absolute atomic E-state index is 3.92. The monoisotopic (exact) mass is 248 g/mol. The van der Waals surface area contributed by atoms with Gasteiger partial charge in [-0.05, 0) is 53.0 Å². The molecule has 0 aliphatic heterocycles. The Bertz CT molecular complexity index is 584. The van der Waals surface area contributed by atoms with Gasteiger partial charge in [-0.3, -0.25) is 0 Å². The summed E-state index contributed by atoms with van der Waals surface area (Å²) in [5, 5.41) is 0. The smallest absolute Gasteiger partial charge is 0.0155 e. The molecule has 19 heavy (non-hydrogen) atoms. The molecule has 0 N–H and O–H groups in total. The van der Waals surface area contributed by atoms with E-state index in [1.54, 1.807) is 0 Å². The SMILES string of the molecule is C=C/C(=C\CC)c1cccc(C2=CC3CC3C=C2)c1. The van der Waals surface area contributed by atoms with Crippen LogP contribution in [-0.4, -0.2) is 0 Å². The van der Waals surface area contributed by atoms with E-state index >= 15 is 0 Å². The molecule has 2 unspecified atom stereocenters. The van der Waals surface area contributed by atoms with Gasteiger partial charge in [0, 0.05) is 0 Å². The number of allylic oxidation sites excluding steroid dienone is 7. The third kappa shape index (κ3) is 2.49. The second-order valence-electron chi connectivity index (χ2n) is 5.40. The van der Waals surface area contributed by atoms with Crippen LogP contribution >= 0.6 is 0 Å². The van der Waals surface area contributed by atoms with E-state index in [4.69, 9.17) is 0 Å². The third-order valence-electron chi connectivity index (χ3n) is 3.98. The van der Waals surface area contributed by atoms with Crippen molar-refractivity contribution in [1.82, 2.24) is 0 Å². The fourth-order valence-electron chi connectivity index (χ4n) is 2.77. The average molecular weight is 248 g/mol. The van der Waals surface area contributed by atoms with Crippen LogP contribution in [0.5, 0.6) is 0 Å². The Balaban J connectivity index is 1.94. The van der Waals surface area contributed by atoms with Gasteiger partial charge in [0.15, 0.2) is 0 Å². The van der Waals surface area contributed by atoms with Crippen LogP contribution in [-0.2, 0) is 0 Å².